The highest BCUT2D eigenvalue weighted by atomic mass is 16.5. The van der Waals surface area contributed by atoms with Gasteiger partial charge in [0.2, 0.25) is 0 Å². The fourth-order valence-electron chi connectivity index (χ4n) is 2.74. The van der Waals surface area contributed by atoms with Gasteiger partial charge in [0.25, 0.3) is 0 Å². The summed E-state index contributed by atoms with van der Waals surface area (Å²) in [5.41, 5.74) is 0. The number of likely N-dealkylation sites (tertiary alicyclic amines) is 1. The maximum atomic E-state index is 5.62. The van der Waals surface area contributed by atoms with E-state index in [9.17, 15) is 0 Å². The number of rotatable bonds is 5. The Labute approximate surface area is 105 Å². The molecule has 1 N–H and O–H groups in total. The van der Waals surface area contributed by atoms with Gasteiger partial charge < -0.3 is 10.1 Å². The zero-order valence-corrected chi connectivity index (χ0v) is 10.7. The Bertz CT molecular complexity index is 247. The number of nitrogens with one attached hydrogen (secondary N) is 1. The molecule has 0 aromatic rings. The van der Waals surface area contributed by atoms with E-state index in [1.54, 1.807) is 0 Å². The van der Waals surface area contributed by atoms with Gasteiger partial charge in [-0.2, -0.15) is 0 Å². The molecule has 0 saturated carbocycles. The van der Waals surface area contributed by atoms with E-state index in [1.165, 1.54) is 32.1 Å². The molecule has 0 bridgehead atoms. The summed E-state index contributed by atoms with van der Waals surface area (Å²) in [6, 6.07) is 0.686. The minimum atomic E-state index is 0.518. The first-order valence-electron chi connectivity index (χ1n) is 6.89. The van der Waals surface area contributed by atoms with Gasteiger partial charge in [-0.25, -0.2) is 0 Å². The van der Waals surface area contributed by atoms with Gasteiger partial charge in [-0.3, -0.25) is 4.90 Å². The van der Waals surface area contributed by atoms with Gasteiger partial charge >= 0.3 is 0 Å². The number of ether oxygens (including phenoxy) is 1. The normalized spacial score (nSPS) is 27.1. The number of hydrogen-bond acceptors (Lipinski definition) is 3. The summed E-state index contributed by atoms with van der Waals surface area (Å²) in [5, 5.41) is 3.65. The molecule has 0 spiro atoms. The Kier molecular flexibility index (Phi) is 5.31. The summed E-state index contributed by atoms with van der Waals surface area (Å²) in [6.07, 6.45) is 12.0. The third kappa shape index (κ3) is 4.31. The number of hydrogen-bond donors (Lipinski definition) is 1. The molecule has 0 aliphatic carbocycles. The lowest BCUT2D eigenvalue weighted by Crippen LogP contribution is -2.43. The molecule has 2 saturated heterocycles. The van der Waals surface area contributed by atoms with Gasteiger partial charge in [-0.05, 0) is 38.6 Å². The minimum absolute atomic E-state index is 0.518. The molecule has 3 nitrogen and oxygen atoms in total. The molecule has 3 heteroatoms. The van der Waals surface area contributed by atoms with Crippen molar-refractivity contribution in [1.82, 2.24) is 10.2 Å². The fraction of sp³-hybridized carbons (Fsp3) is 0.857. The Morgan fingerprint density at radius 3 is 2.76 bits per heavy atom. The molecule has 2 heterocycles. The Hall–Kier alpha value is -0.560. The SMILES string of the molecule is C#CCN1CCC(NCCC2CCCO2)CC1. The molecular weight excluding hydrogens is 212 g/mol. The second kappa shape index (κ2) is 7.00. The molecule has 0 radical (unpaired) electrons. The van der Waals surface area contributed by atoms with Crippen molar-refractivity contribution >= 4 is 0 Å². The van der Waals surface area contributed by atoms with Crippen LogP contribution in [0.5, 0.6) is 0 Å². The van der Waals surface area contributed by atoms with Gasteiger partial charge in [0.15, 0.2) is 0 Å². The monoisotopic (exact) mass is 236 g/mol. The highest BCUT2D eigenvalue weighted by Gasteiger charge is 2.19. The van der Waals surface area contributed by atoms with E-state index < -0.39 is 0 Å². The molecule has 2 rings (SSSR count). The quantitative estimate of drug-likeness (QED) is 0.727. The molecule has 1 atom stereocenters. The van der Waals surface area contributed by atoms with Gasteiger partial charge in [-0.1, -0.05) is 5.92 Å². The maximum Gasteiger partial charge on any atom is 0.0598 e. The second-order valence-corrected chi connectivity index (χ2v) is 5.13. The molecule has 2 fully saturated rings. The Morgan fingerprint density at radius 1 is 1.29 bits per heavy atom. The van der Waals surface area contributed by atoms with Gasteiger partial charge in [0, 0.05) is 25.7 Å². The van der Waals surface area contributed by atoms with E-state index in [0.29, 0.717) is 12.1 Å². The third-order valence-electron chi connectivity index (χ3n) is 3.83. The van der Waals surface area contributed by atoms with Gasteiger partial charge in [0.05, 0.1) is 12.6 Å². The lowest BCUT2D eigenvalue weighted by atomic mass is 10.0. The van der Waals surface area contributed by atoms with Crippen molar-refractivity contribution in [2.24, 2.45) is 0 Å². The standard InChI is InChI=1S/C14H24N2O/c1-2-9-16-10-6-13(7-11-16)15-8-5-14-4-3-12-17-14/h1,13-15H,3-12H2. The van der Waals surface area contributed by atoms with Crippen LogP contribution in [-0.2, 0) is 4.74 Å². The predicted molar refractivity (Wildman–Crippen MR) is 69.9 cm³/mol. The molecule has 2 aliphatic rings. The molecule has 0 amide bonds. The van der Waals surface area contributed by atoms with Crippen LogP contribution in [0.25, 0.3) is 0 Å². The summed E-state index contributed by atoms with van der Waals surface area (Å²) in [5.74, 6) is 2.72. The smallest absolute Gasteiger partial charge is 0.0598 e. The first kappa shape index (κ1) is 12.9. The highest BCUT2D eigenvalue weighted by molar-refractivity contribution is 4.90. The van der Waals surface area contributed by atoms with Crippen molar-refractivity contribution in [1.29, 1.82) is 0 Å². The van der Waals surface area contributed by atoms with Crippen LogP contribution >= 0.6 is 0 Å². The fourth-order valence-corrected chi connectivity index (χ4v) is 2.74. The zero-order chi connectivity index (χ0) is 11.9. The van der Waals surface area contributed by atoms with E-state index in [0.717, 1.165) is 32.8 Å². The molecule has 0 aromatic heterocycles. The molecule has 2 aliphatic heterocycles. The van der Waals surface area contributed by atoms with Crippen LogP contribution in [0.2, 0.25) is 0 Å². The van der Waals surface area contributed by atoms with Crippen LogP contribution in [0.1, 0.15) is 32.1 Å². The third-order valence-corrected chi connectivity index (χ3v) is 3.83. The van der Waals surface area contributed by atoms with E-state index in [4.69, 9.17) is 11.2 Å². The van der Waals surface area contributed by atoms with E-state index in [1.807, 2.05) is 0 Å². The molecule has 17 heavy (non-hydrogen) atoms. The van der Waals surface area contributed by atoms with Crippen molar-refractivity contribution < 1.29 is 4.74 Å². The summed E-state index contributed by atoms with van der Waals surface area (Å²) in [4.78, 5) is 2.36. The average Bonchev–Trinajstić information content (AvgIpc) is 2.85. The van der Waals surface area contributed by atoms with Crippen molar-refractivity contribution in [3.63, 3.8) is 0 Å². The summed E-state index contributed by atoms with van der Waals surface area (Å²) in [6.45, 7) is 5.16. The van der Waals surface area contributed by atoms with Crippen LogP contribution < -0.4 is 5.32 Å². The van der Waals surface area contributed by atoms with Crippen molar-refractivity contribution in [3.05, 3.63) is 0 Å². The number of terminal acetylenes is 1. The van der Waals surface area contributed by atoms with Crippen LogP contribution in [0, 0.1) is 12.3 Å². The van der Waals surface area contributed by atoms with Gasteiger partial charge in [-0.15, -0.1) is 6.42 Å². The predicted octanol–water partition coefficient (Wildman–Crippen LogP) is 1.24. The minimum Gasteiger partial charge on any atom is -0.378 e. The molecule has 96 valence electrons. The zero-order valence-electron chi connectivity index (χ0n) is 10.7. The first-order chi connectivity index (χ1) is 8.38. The lowest BCUT2D eigenvalue weighted by Gasteiger charge is -2.31. The molecule has 1 unspecified atom stereocenters. The molecular formula is C14H24N2O. The molecule has 0 aromatic carbocycles. The average molecular weight is 236 g/mol. The van der Waals surface area contributed by atoms with Crippen LogP contribution in [-0.4, -0.2) is 49.8 Å². The van der Waals surface area contributed by atoms with Crippen molar-refractivity contribution in [2.45, 2.75) is 44.2 Å². The highest BCUT2D eigenvalue weighted by Crippen LogP contribution is 2.15. The van der Waals surface area contributed by atoms with Crippen LogP contribution in [0.15, 0.2) is 0 Å². The summed E-state index contributed by atoms with van der Waals surface area (Å²) in [7, 11) is 0. The second-order valence-electron chi connectivity index (χ2n) is 5.13. The largest absolute Gasteiger partial charge is 0.378 e. The number of piperidine rings is 1. The lowest BCUT2D eigenvalue weighted by molar-refractivity contribution is 0.102. The maximum absolute atomic E-state index is 5.62. The van der Waals surface area contributed by atoms with E-state index in [-0.39, 0.29) is 0 Å². The Morgan fingerprint density at radius 2 is 2.12 bits per heavy atom. The summed E-state index contributed by atoms with van der Waals surface area (Å²) >= 11 is 0. The topological polar surface area (TPSA) is 24.5 Å². The summed E-state index contributed by atoms with van der Waals surface area (Å²) < 4.78 is 5.62. The first-order valence-corrected chi connectivity index (χ1v) is 6.89. The van der Waals surface area contributed by atoms with E-state index in [2.05, 4.69) is 16.1 Å². The van der Waals surface area contributed by atoms with Gasteiger partial charge in [0.1, 0.15) is 0 Å². The van der Waals surface area contributed by atoms with Crippen molar-refractivity contribution in [2.75, 3.05) is 32.8 Å². The van der Waals surface area contributed by atoms with Crippen LogP contribution in [0.3, 0.4) is 0 Å². The Balaban J connectivity index is 1.54. The van der Waals surface area contributed by atoms with Crippen LogP contribution in [0.4, 0.5) is 0 Å². The van der Waals surface area contributed by atoms with E-state index >= 15 is 0 Å². The number of nitrogens with zero attached hydrogens (tertiary/aromatic N) is 1. The van der Waals surface area contributed by atoms with Crippen molar-refractivity contribution in [3.8, 4) is 12.3 Å².